The summed E-state index contributed by atoms with van der Waals surface area (Å²) in [6.07, 6.45) is 0. The summed E-state index contributed by atoms with van der Waals surface area (Å²) in [6, 6.07) is 6.66. The summed E-state index contributed by atoms with van der Waals surface area (Å²) in [5, 5.41) is 8.94. The summed E-state index contributed by atoms with van der Waals surface area (Å²) in [6.45, 7) is 0. The van der Waals surface area contributed by atoms with Crippen LogP contribution in [0.2, 0.25) is 0 Å². The van der Waals surface area contributed by atoms with Gasteiger partial charge in [0, 0.05) is 11.3 Å². The minimum Gasteiger partial charge on any atom is -0.480 e. The van der Waals surface area contributed by atoms with Crippen LogP contribution in [0.25, 0.3) is 0 Å². The smallest absolute Gasteiger partial charge is 0.327 e. The third kappa shape index (κ3) is 1.12. The number of carboxylic acids is 1. The molecule has 1 N–H and O–H groups in total. The minimum atomic E-state index is -0.920. The van der Waals surface area contributed by atoms with Crippen LogP contribution in [0.15, 0.2) is 24.3 Å². The normalized spacial score (nSPS) is 26.8. The molecule has 82 valence electrons. The predicted octanol–water partition coefficient (Wildman–Crippen LogP) is 1.34. The van der Waals surface area contributed by atoms with Gasteiger partial charge in [0.25, 0.3) is 5.91 Å². The van der Waals surface area contributed by atoms with Crippen molar-refractivity contribution in [1.82, 2.24) is 4.90 Å². The highest BCUT2D eigenvalue weighted by Gasteiger charge is 2.48. The Labute approximate surface area is 96.2 Å². The number of fused-ring (bicyclic) bond motifs is 3. The zero-order chi connectivity index (χ0) is 11.3. The standard InChI is InChI=1S/C11H9NO3S/c13-9-6-3-1-2-4-7(6)10-12(9)8(5-16-10)11(14)15/h1-4,8,10H,5H2,(H,14,15)/t8-,10-/m1/s1. The molecule has 1 saturated heterocycles. The molecule has 0 aromatic heterocycles. The van der Waals surface area contributed by atoms with Crippen molar-refractivity contribution in [3.63, 3.8) is 0 Å². The Morgan fingerprint density at radius 1 is 1.44 bits per heavy atom. The van der Waals surface area contributed by atoms with E-state index in [0.717, 1.165) is 5.56 Å². The lowest BCUT2D eigenvalue weighted by Crippen LogP contribution is -2.39. The van der Waals surface area contributed by atoms with Gasteiger partial charge >= 0.3 is 5.97 Å². The number of carbonyl (C=O) groups excluding carboxylic acids is 1. The average Bonchev–Trinajstić information content (AvgIpc) is 2.81. The van der Waals surface area contributed by atoms with Crippen LogP contribution < -0.4 is 0 Å². The number of hydrogen-bond donors (Lipinski definition) is 1. The Hall–Kier alpha value is -1.49. The summed E-state index contributed by atoms with van der Waals surface area (Å²) >= 11 is 1.52. The van der Waals surface area contributed by atoms with Crippen molar-refractivity contribution < 1.29 is 14.7 Å². The molecule has 0 saturated carbocycles. The maximum absolute atomic E-state index is 12.0. The van der Waals surface area contributed by atoms with Crippen LogP contribution in [0, 0.1) is 0 Å². The first-order valence-electron chi connectivity index (χ1n) is 4.96. The molecule has 5 heteroatoms. The van der Waals surface area contributed by atoms with Crippen LogP contribution in [-0.4, -0.2) is 33.7 Å². The molecule has 16 heavy (non-hydrogen) atoms. The first-order chi connectivity index (χ1) is 7.70. The first kappa shape index (κ1) is 9.72. The van der Waals surface area contributed by atoms with E-state index in [2.05, 4.69) is 0 Å². The second-order valence-electron chi connectivity index (χ2n) is 3.84. The fraction of sp³-hybridized carbons (Fsp3) is 0.273. The molecule has 1 amide bonds. The molecule has 2 aliphatic rings. The van der Waals surface area contributed by atoms with Crippen LogP contribution in [0.5, 0.6) is 0 Å². The Kier molecular flexibility index (Phi) is 1.97. The molecule has 0 unspecified atom stereocenters. The number of amides is 1. The molecule has 4 nitrogen and oxygen atoms in total. The highest BCUT2D eigenvalue weighted by molar-refractivity contribution is 7.99. The summed E-state index contributed by atoms with van der Waals surface area (Å²) < 4.78 is 0. The van der Waals surface area contributed by atoms with Crippen LogP contribution >= 0.6 is 11.8 Å². The molecule has 2 aliphatic heterocycles. The van der Waals surface area contributed by atoms with Crippen LogP contribution in [0.4, 0.5) is 0 Å². The zero-order valence-electron chi connectivity index (χ0n) is 8.29. The molecule has 1 fully saturated rings. The van der Waals surface area contributed by atoms with E-state index >= 15 is 0 Å². The van der Waals surface area contributed by atoms with E-state index in [1.165, 1.54) is 16.7 Å². The van der Waals surface area contributed by atoms with Crippen molar-refractivity contribution in [3.05, 3.63) is 35.4 Å². The Bertz CT molecular complexity index is 488. The van der Waals surface area contributed by atoms with E-state index in [1.54, 1.807) is 12.1 Å². The minimum absolute atomic E-state index is 0.107. The van der Waals surface area contributed by atoms with Gasteiger partial charge in [-0.25, -0.2) is 4.79 Å². The lowest BCUT2D eigenvalue weighted by Gasteiger charge is -2.19. The summed E-state index contributed by atoms with van der Waals surface area (Å²) in [7, 11) is 0. The van der Waals surface area contributed by atoms with E-state index in [0.29, 0.717) is 11.3 Å². The molecular formula is C11H9NO3S. The van der Waals surface area contributed by atoms with Crippen LogP contribution in [0.1, 0.15) is 21.3 Å². The fourth-order valence-corrected chi connectivity index (χ4v) is 3.69. The van der Waals surface area contributed by atoms with Crippen LogP contribution in [0.3, 0.4) is 0 Å². The highest BCUT2D eigenvalue weighted by atomic mass is 32.2. The van der Waals surface area contributed by atoms with Gasteiger partial charge in [-0.3, -0.25) is 4.79 Å². The van der Waals surface area contributed by atoms with Gasteiger partial charge in [-0.2, -0.15) is 0 Å². The average molecular weight is 235 g/mol. The van der Waals surface area contributed by atoms with Gasteiger partial charge < -0.3 is 10.0 Å². The molecule has 3 rings (SSSR count). The van der Waals surface area contributed by atoms with Gasteiger partial charge in [-0.1, -0.05) is 18.2 Å². The molecule has 0 radical (unpaired) electrons. The van der Waals surface area contributed by atoms with Crippen molar-refractivity contribution in [2.75, 3.05) is 5.75 Å². The molecule has 2 heterocycles. The van der Waals surface area contributed by atoms with Gasteiger partial charge in [-0.15, -0.1) is 11.8 Å². The molecule has 1 aromatic rings. The molecule has 0 aliphatic carbocycles. The number of carboxylic acid groups (broad SMARTS) is 1. The van der Waals surface area contributed by atoms with Gasteiger partial charge in [0.2, 0.25) is 0 Å². The number of thioether (sulfide) groups is 1. The van der Waals surface area contributed by atoms with Gasteiger partial charge in [-0.05, 0) is 11.6 Å². The summed E-state index contributed by atoms with van der Waals surface area (Å²) in [4.78, 5) is 24.6. The van der Waals surface area contributed by atoms with Crippen LogP contribution in [-0.2, 0) is 4.79 Å². The lowest BCUT2D eigenvalue weighted by molar-refractivity contribution is -0.141. The Morgan fingerprint density at radius 3 is 2.94 bits per heavy atom. The van der Waals surface area contributed by atoms with E-state index < -0.39 is 12.0 Å². The zero-order valence-corrected chi connectivity index (χ0v) is 9.11. The van der Waals surface area contributed by atoms with Crippen molar-refractivity contribution in [1.29, 1.82) is 0 Å². The van der Waals surface area contributed by atoms with Crippen molar-refractivity contribution >= 4 is 23.6 Å². The molecular weight excluding hydrogens is 226 g/mol. The van der Waals surface area contributed by atoms with Crippen molar-refractivity contribution in [2.45, 2.75) is 11.4 Å². The summed E-state index contributed by atoms with van der Waals surface area (Å²) in [5.41, 5.74) is 1.59. The molecule has 0 bridgehead atoms. The fourth-order valence-electron chi connectivity index (χ4n) is 2.23. The largest absolute Gasteiger partial charge is 0.480 e. The number of benzene rings is 1. The first-order valence-corrected chi connectivity index (χ1v) is 6.01. The maximum atomic E-state index is 12.0. The van der Waals surface area contributed by atoms with Gasteiger partial charge in [0.05, 0.1) is 0 Å². The topological polar surface area (TPSA) is 57.6 Å². The van der Waals surface area contributed by atoms with E-state index in [1.807, 2.05) is 12.1 Å². The summed E-state index contributed by atoms with van der Waals surface area (Å²) in [5.74, 6) is -0.603. The van der Waals surface area contributed by atoms with Gasteiger partial charge in [0.15, 0.2) is 0 Å². The SMILES string of the molecule is O=C(O)[C@H]1CS[C@@H]2c3ccccc3C(=O)N12. The third-order valence-corrected chi connectivity index (χ3v) is 4.28. The number of nitrogens with zero attached hydrogens (tertiary/aromatic N) is 1. The number of aliphatic carboxylic acids is 1. The van der Waals surface area contributed by atoms with E-state index in [9.17, 15) is 9.59 Å². The Balaban J connectivity index is 2.07. The maximum Gasteiger partial charge on any atom is 0.327 e. The molecule has 0 spiro atoms. The van der Waals surface area contributed by atoms with Crippen molar-refractivity contribution in [3.8, 4) is 0 Å². The number of hydrogen-bond acceptors (Lipinski definition) is 3. The number of carbonyl (C=O) groups is 2. The molecule has 2 atom stereocenters. The predicted molar refractivity (Wildman–Crippen MR) is 59.2 cm³/mol. The second kappa shape index (κ2) is 3.25. The quantitative estimate of drug-likeness (QED) is 0.798. The van der Waals surface area contributed by atoms with Crippen molar-refractivity contribution in [2.24, 2.45) is 0 Å². The highest BCUT2D eigenvalue weighted by Crippen LogP contribution is 2.47. The Morgan fingerprint density at radius 2 is 2.19 bits per heavy atom. The van der Waals surface area contributed by atoms with Gasteiger partial charge in [0.1, 0.15) is 11.4 Å². The van der Waals surface area contributed by atoms with E-state index in [-0.39, 0.29) is 11.3 Å². The monoisotopic (exact) mass is 235 g/mol. The second-order valence-corrected chi connectivity index (χ2v) is 4.95. The molecule has 1 aromatic carbocycles. The van der Waals surface area contributed by atoms with E-state index in [4.69, 9.17) is 5.11 Å². The lowest BCUT2D eigenvalue weighted by atomic mass is 10.1. The third-order valence-electron chi connectivity index (χ3n) is 2.98. The number of rotatable bonds is 1.